The van der Waals surface area contributed by atoms with Gasteiger partial charge in [-0.25, -0.2) is 9.78 Å². The largest absolute Gasteiger partial charge is 0.466 e. The van der Waals surface area contributed by atoms with E-state index in [0.29, 0.717) is 11.4 Å². The van der Waals surface area contributed by atoms with Crippen molar-refractivity contribution in [3.8, 4) is 6.07 Å². The van der Waals surface area contributed by atoms with Crippen molar-refractivity contribution < 1.29 is 14.3 Å². The van der Waals surface area contributed by atoms with Crippen LogP contribution >= 0.6 is 0 Å². The number of benzene rings is 1. The zero-order valence-electron chi connectivity index (χ0n) is 16.8. The van der Waals surface area contributed by atoms with E-state index in [0.717, 1.165) is 31.2 Å². The summed E-state index contributed by atoms with van der Waals surface area (Å²) < 4.78 is 4.56. The zero-order valence-corrected chi connectivity index (χ0v) is 16.8. The van der Waals surface area contributed by atoms with Gasteiger partial charge >= 0.3 is 5.97 Å². The lowest BCUT2D eigenvalue weighted by Gasteiger charge is -2.31. The minimum atomic E-state index is -0.488. The van der Waals surface area contributed by atoms with Crippen LogP contribution in [0.25, 0.3) is 12.2 Å². The lowest BCUT2D eigenvalue weighted by molar-refractivity contribution is -0.134. The van der Waals surface area contributed by atoms with E-state index in [1.165, 1.54) is 25.3 Å². The Hall–Kier alpha value is -3.72. The summed E-state index contributed by atoms with van der Waals surface area (Å²) in [5.74, 6) is -0.904. The first-order chi connectivity index (χ1) is 14.6. The van der Waals surface area contributed by atoms with Crippen LogP contribution in [0.2, 0.25) is 0 Å². The lowest BCUT2D eigenvalue weighted by atomic mass is 9.88. The summed E-state index contributed by atoms with van der Waals surface area (Å²) in [6, 6.07) is 17.0. The smallest absolute Gasteiger partial charge is 0.330 e. The first-order valence-electron chi connectivity index (χ1n) is 9.79. The third-order valence-electron chi connectivity index (χ3n) is 5.18. The number of pyridine rings is 1. The second kappa shape index (κ2) is 9.66. The number of nitrogens with one attached hydrogen (secondary N) is 1. The number of nitriles is 1. The van der Waals surface area contributed by atoms with E-state index in [-0.39, 0.29) is 5.57 Å². The molecule has 2 aromatic rings. The summed E-state index contributed by atoms with van der Waals surface area (Å²) in [5.41, 5.74) is 1.56. The summed E-state index contributed by atoms with van der Waals surface area (Å²) in [4.78, 5) is 28.6. The minimum Gasteiger partial charge on any atom is -0.466 e. The van der Waals surface area contributed by atoms with Gasteiger partial charge in [-0.3, -0.25) is 4.79 Å². The topological polar surface area (TPSA) is 92.1 Å². The lowest BCUT2D eigenvalue weighted by Crippen LogP contribution is -2.44. The normalized spacial score (nSPS) is 15.5. The zero-order chi connectivity index (χ0) is 21.4. The number of methoxy groups -OCH3 is 1. The second-order valence-electron chi connectivity index (χ2n) is 7.12. The van der Waals surface area contributed by atoms with Gasteiger partial charge in [0.05, 0.1) is 24.0 Å². The van der Waals surface area contributed by atoms with E-state index in [1.54, 1.807) is 18.2 Å². The van der Waals surface area contributed by atoms with Crippen LogP contribution in [-0.2, 0) is 19.9 Å². The van der Waals surface area contributed by atoms with Gasteiger partial charge < -0.3 is 10.1 Å². The number of esters is 1. The van der Waals surface area contributed by atoms with Crippen LogP contribution in [0.1, 0.15) is 42.6 Å². The highest BCUT2D eigenvalue weighted by molar-refractivity contribution is 6.02. The molecule has 1 aliphatic rings. The SMILES string of the molecule is COC(=O)/C=C/c1cccc(/C=C(\C#N)C(=O)NC2(c3ccccc3)CCCC2)n1. The Morgan fingerprint density at radius 3 is 2.47 bits per heavy atom. The van der Waals surface area contributed by atoms with E-state index in [4.69, 9.17) is 0 Å². The highest BCUT2D eigenvalue weighted by Crippen LogP contribution is 2.38. The van der Waals surface area contributed by atoms with Crippen molar-refractivity contribution in [1.82, 2.24) is 10.3 Å². The highest BCUT2D eigenvalue weighted by Gasteiger charge is 2.37. The average molecular weight is 401 g/mol. The van der Waals surface area contributed by atoms with Crippen LogP contribution < -0.4 is 5.32 Å². The molecule has 0 spiro atoms. The van der Waals surface area contributed by atoms with Crippen LogP contribution in [0, 0.1) is 11.3 Å². The van der Waals surface area contributed by atoms with Gasteiger partial charge in [-0.15, -0.1) is 0 Å². The van der Waals surface area contributed by atoms with Gasteiger partial charge in [0.25, 0.3) is 5.91 Å². The number of hydrogen-bond acceptors (Lipinski definition) is 5. The van der Waals surface area contributed by atoms with E-state index < -0.39 is 17.4 Å². The molecule has 0 unspecified atom stereocenters. The number of hydrogen-bond donors (Lipinski definition) is 1. The van der Waals surface area contributed by atoms with Crippen LogP contribution in [0.3, 0.4) is 0 Å². The van der Waals surface area contributed by atoms with E-state index in [2.05, 4.69) is 15.0 Å². The van der Waals surface area contributed by atoms with Gasteiger partial charge in [0.2, 0.25) is 0 Å². The Morgan fingerprint density at radius 1 is 1.10 bits per heavy atom. The molecule has 3 rings (SSSR count). The quantitative estimate of drug-likeness (QED) is 0.452. The molecule has 1 heterocycles. The van der Waals surface area contributed by atoms with Crippen molar-refractivity contribution in [2.45, 2.75) is 31.2 Å². The molecule has 1 fully saturated rings. The molecule has 0 saturated heterocycles. The fraction of sp³-hybridized carbons (Fsp3) is 0.250. The number of nitrogens with zero attached hydrogens (tertiary/aromatic N) is 2. The van der Waals surface area contributed by atoms with Gasteiger partial charge in [0.1, 0.15) is 11.6 Å². The molecule has 1 N–H and O–H groups in total. The molecule has 1 saturated carbocycles. The Balaban J connectivity index is 1.83. The maximum absolute atomic E-state index is 12.9. The van der Waals surface area contributed by atoms with Crippen molar-refractivity contribution in [2.24, 2.45) is 0 Å². The van der Waals surface area contributed by atoms with Crippen molar-refractivity contribution in [3.63, 3.8) is 0 Å². The Morgan fingerprint density at radius 2 is 1.80 bits per heavy atom. The predicted molar refractivity (Wildman–Crippen MR) is 114 cm³/mol. The molecule has 0 atom stereocenters. The number of ether oxygens (including phenoxy) is 1. The highest BCUT2D eigenvalue weighted by atomic mass is 16.5. The molecule has 30 heavy (non-hydrogen) atoms. The molecule has 152 valence electrons. The molecular weight excluding hydrogens is 378 g/mol. The van der Waals surface area contributed by atoms with Crippen LogP contribution in [0.5, 0.6) is 0 Å². The van der Waals surface area contributed by atoms with Crippen LogP contribution in [-0.4, -0.2) is 24.0 Å². The van der Waals surface area contributed by atoms with Crippen molar-refractivity contribution in [3.05, 3.63) is 77.1 Å². The third kappa shape index (κ3) is 5.00. The van der Waals surface area contributed by atoms with Gasteiger partial charge in [0.15, 0.2) is 0 Å². The van der Waals surface area contributed by atoms with Crippen molar-refractivity contribution in [1.29, 1.82) is 5.26 Å². The molecular formula is C24H23N3O3. The number of carbonyl (C=O) groups excluding carboxylic acids is 2. The molecule has 0 aliphatic heterocycles. The molecule has 0 radical (unpaired) electrons. The fourth-order valence-corrected chi connectivity index (χ4v) is 3.67. The number of amides is 1. The van der Waals surface area contributed by atoms with Gasteiger partial charge in [-0.05, 0) is 42.7 Å². The molecule has 0 bridgehead atoms. The van der Waals surface area contributed by atoms with E-state index >= 15 is 0 Å². The van der Waals surface area contributed by atoms with Gasteiger partial charge in [-0.1, -0.05) is 49.2 Å². The molecule has 1 aliphatic carbocycles. The summed E-state index contributed by atoms with van der Waals surface area (Å²) in [7, 11) is 1.30. The number of aromatic nitrogens is 1. The maximum atomic E-state index is 12.9. The van der Waals surface area contributed by atoms with Crippen LogP contribution in [0.15, 0.2) is 60.2 Å². The standard InChI is InChI=1S/C24H23N3O3/c1-30-22(28)13-12-20-10-7-11-21(26-20)16-18(17-25)23(29)27-24(14-5-6-15-24)19-8-3-2-4-9-19/h2-4,7-13,16H,5-6,14-15H2,1H3,(H,27,29)/b13-12+,18-16+. The number of carbonyl (C=O) groups is 2. The van der Waals surface area contributed by atoms with E-state index in [1.807, 2.05) is 36.4 Å². The fourth-order valence-electron chi connectivity index (χ4n) is 3.67. The van der Waals surface area contributed by atoms with Crippen molar-refractivity contribution in [2.75, 3.05) is 7.11 Å². The molecule has 1 aromatic carbocycles. The summed E-state index contributed by atoms with van der Waals surface area (Å²) in [6.45, 7) is 0. The Bertz CT molecular complexity index is 1010. The predicted octanol–water partition coefficient (Wildman–Crippen LogP) is 3.76. The maximum Gasteiger partial charge on any atom is 0.330 e. The molecule has 1 aromatic heterocycles. The Labute approximate surface area is 175 Å². The average Bonchev–Trinajstić information content (AvgIpc) is 3.26. The molecule has 6 heteroatoms. The number of rotatable bonds is 6. The van der Waals surface area contributed by atoms with E-state index in [9.17, 15) is 14.9 Å². The first-order valence-corrected chi connectivity index (χ1v) is 9.79. The van der Waals surface area contributed by atoms with Gasteiger partial charge in [-0.2, -0.15) is 5.26 Å². The molecule has 1 amide bonds. The van der Waals surface area contributed by atoms with Gasteiger partial charge in [0, 0.05) is 6.08 Å². The monoisotopic (exact) mass is 401 g/mol. The summed E-state index contributed by atoms with van der Waals surface area (Å²) >= 11 is 0. The minimum absolute atomic E-state index is 0.0150. The van der Waals surface area contributed by atoms with Crippen LogP contribution in [0.4, 0.5) is 0 Å². The molecule has 6 nitrogen and oxygen atoms in total. The first kappa shape index (κ1) is 21.0. The van der Waals surface area contributed by atoms with Crippen molar-refractivity contribution >= 4 is 24.0 Å². The summed E-state index contributed by atoms with van der Waals surface area (Å²) in [6.07, 6.45) is 7.96. The summed E-state index contributed by atoms with van der Waals surface area (Å²) in [5, 5.41) is 12.7. The Kier molecular flexibility index (Phi) is 6.76. The second-order valence-corrected chi connectivity index (χ2v) is 7.12. The third-order valence-corrected chi connectivity index (χ3v) is 5.18.